The maximum atomic E-state index is 12.2. The van der Waals surface area contributed by atoms with Crippen molar-refractivity contribution in [3.63, 3.8) is 0 Å². The molecule has 3 atom stereocenters. The first-order valence-corrected chi connectivity index (χ1v) is 8.55. The molecule has 0 aromatic rings. The first kappa shape index (κ1) is 15.0. The fraction of sp³-hybridized carbons (Fsp3) is 0.929. The molecule has 5 heteroatoms. The average molecular weight is 288 g/mol. The third-order valence-electron chi connectivity index (χ3n) is 4.33. The molecule has 0 amide bonds. The van der Waals surface area contributed by atoms with Crippen LogP contribution in [0.2, 0.25) is 0 Å². The van der Waals surface area contributed by atoms with E-state index in [0.29, 0.717) is 5.75 Å². The Bertz CT molecular complexity index is 349. The average Bonchev–Trinajstić information content (AvgIpc) is 3.00. The second-order valence-corrected chi connectivity index (χ2v) is 7.71. The van der Waals surface area contributed by atoms with E-state index in [9.17, 15) is 9.00 Å². The van der Waals surface area contributed by atoms with Crippen molar-refractivity contribution in [1.82, 2.24) is 0 Å². The predicted molar refractivity (Wildman–Crippen MR) is 74.4 cm³/mol. The van der Waals surface area contributed by atoms with Crippen molar-refractivity contribution >= 4 is 16.8 Å². The smallest absolute Gasteiger partial charge is 0.306 e. The van der Waals surface area contributed by atoms with E-state index in [0.717, 1.165) is 25.7 Å². The molecule has 1 aliphatic carbocycles. The Morgan fingerprint density at radius 3 is 2.74 bits per heavy atom. The predicted octanol–water partition coefficient (Wildman–Crippen LogP) is 2.18. The Balaban J connectivity index is 1.78. The highest BCUT2D eigenvalue weighted by Gasteiger charge is 2.42. The highest BCUT2D eigenvalue weighted by molar-refractivity contribution is 7.85. The van der Waals surface area contributed by atoms with E-state index in [-0.39, 0.29) is 29.3 Å². The SMILES string of the molecule is COC(=O)CC(C)S(=O)CC1CCC2(CCCC2)O1. The summed E-state index contributed by atoms with van der Waals surface area (Å²) in [5.74, 6) is 0.264. The summed E-state index contributed by atoms with van der Waals surface area (Å²) in [6, 6.07) is 0. The summed E-state index contributed by atoms with van der Waals surface area (Å²) >= 11 is 0. The van der Waals surface area contributed by atoms with Crippen molar-refractivity contribution < 1.29 is 18.5 Å². The maximum Gasteiger partial charge on any atom is 0.306 e. The van der Waals surface area contributed by atoms with E-state index >= 15 is 0 Å². The largest absolute Gasteiger partial charge is 0.469 e. The highest BCUT2D eigenvalue weighted by atomic mass is 32.2. The number of hydrogen-bond donors (Lipinski definition) is 0. The minimum Gasteiger partial charge on any atom is -0.469 e. The molecule has 2 fully saturated rings. The quantitative estimate of drug-likeness (QED) is 0.728. The molecule has 1 saturated heterocycles. The van der Waals surface area contributed by atoms with Gasteiger partial charge in [-0.1, -0.05) is 19.8 Å². The van der Waals surface area contributed by atoms with Crippen LogP contribution in [0.15, 0.2) is 0 Å². The van der Waals surface area contributed by atoms with E-state index in [1.165, 1.54) is 20.0 Å². The lowest BCUT2D eigenvalue weighted by Gasteiger charge is -2.24. The van der Waals surface area contributed by atoms with Crippen LogP contribution in [-0.2, 0) is 25.1 Å². The molecular weight excluding hydrogens is 264 g/mol. The Kier molecular flexibility index (Phi) is 5.01. The fourth-order valence-electron chi connectivity index (χ4n) is 3.16. The molecule has 0 radical (unpaired) electrons. The van der Waals surface area contributed by atoms with Crippen molar-refractivity contribution in [3.05, 3.63) is 0 Å². The van der Waals surface area contributed by atoms with Gasteiger partial charge in [-0.3, -0.25) is 9.00 Å². The standard InChI is InChI=1S/C14H24O4S/c1-11(9-13(15)17-2)19(16)10-12-5-8-14(18-12)6-3-4-7-14/h11-12H,3-10H2,1-2H3. The lowest BCUT2D eigenvalue weighted by molar-refractivity contribution is -0.140. The van der Waals surface area contributed by atoms with Gasteiger partial charge in [0.2, 0.25) is 0 Å². The summed E-state index contributed by atoms with van der Waals surface area (Å²) in [6.07, 6.45) is 7.29. The van der Waals surface area contributed by atoms with Crippen molar-refractivity contribution in [1.29, 1.82) is 0 Å². The van der Waals surface area contributed by atoms with Crippen LogP contribution in [0.1, 0.15) is 51.9 Å². The van der Waals surface area contributed by atoms with Gasteiger partial charge in [0, 0.05) is 16.0 Å². The number of rotatable bonds is 5. The van der Waals surface area contributed by atoms with Gasteiger partial charge in [0.15, 0.2) is 0 Å². The minimum atomic E-state index is -1.02. The maximum absolute atomic E-state index is 12.2. The molecule has 110 valence electrons. The van der Waals surface area contributed by atoms with Crippen LogP contribution in [0, 0.1) is 0 Å². The van der Waals surface area contributed by atoms with E-state index in [1.807, 2.05) is 6.92 Å². The van der Waals surface area contributed by atoms with Crippen molar-refractivity contribution in [2.24, 2.45) is 0 Å². The van der Waals surface area contributed by atoms with Gasteiger partial charge in [-0.15, -0.1) is 0 Å². The van der Waals surface area contributed by atoms with Crippen molar-refractivity contribution in [2.75, 3.05) is 12.9 Å². The Morgan fingerprint density at radius 1 is 1.42 bits per heavy atom. The normalized spacial score (nSPS) is 28.4. The molecule has 1 saturated carbocycles. The van der Waals surface area contributed by atoms with Crippen LogP contribution in [-0.4, -0.2) is 40.0 Å². The second kappa shape index (κ2) is 6.35. The molecule has 1 aliphatic heterocycles. The number of carbonyl (C=O) groups is 1. The fourth-order valence-corrected chi connectivity index (χ4v) is 4.41. The summed E-state index contributed by atoms with van der Waals surface area (Å²) < 4.78 is 22.9. The lowest BCUT2D eigenvalue weighted by atomic mass is 9.98. The van der Waals surface area contributed by atoms with Crippen LogP contribution in [0.5, 0.6) is 0 Å². The van der Waals surface area contributed by atoms with E-state index < -0.39 is 10.8 Å². The monoisotopic (exact) mass is 288 g/mol. The molecule has 0 bridgehead atoms. The number of hydrogen-bond acceptors (Lipinski definition) is 4. The van der Waals surface area contributed by atoms with E-state index in [4.69, 9.17) is 4.74 Å². The molecule has 0 aromatic carbocycles. The zero-order valence-electron chi connectivity index (χ0n) is 11.9. The van der Waals surface area contributed by atoms with Gasteiger partial charge in [-0.05, 0) is 25.7 Å². The number of esters is 1. The van der Waals surface area contributed by atoms with Crippen molar-refractivity contribution in [2.45, 2.75) is 68.8 Å². The lowest BCUT2D eigenvalue weighted by Crippen LogP contribution is -2.29. The first-order valence-electron chi connectivity index (χ1n) is 7.16. The van der Waals surface area contributed by atoms with Gasteiger partial charge in [0.05, 0.1) is 31.0 Å². The molecule has 0 aromatic heterocycles. The number of carbonyl (C=O) groups excluding carboxylic acids is 1. The molecular formula is C14H24O4S. The van der Waals surface area contributed by atoms with Crippen LogP contribution >= 0.6 is 0 Å². The molecule has 2 rings (SSSR count). The molecule has 2 aliphatic rings. The van der Waals surface area contributed by atoms with Gasteiger partial charge in [-0.2, -0.15) is 0 Å². The van der Waals surface area contributed by atoms with Gasteiger partial charge in [-0.25, -0.2) is 0 Å². The second-order valence-electron chi connectivity index (χ2n) is 5.81. The van der Waals surface area contributed by atoms with Crippen LogP contribution in [0.25, 0.3) is 0 Å². The highest BCUT2D eigenvalue weighted by Crippen LogP contribution is 2.43. The summed E-state index contributed by atoms with van der Waals surface area (Å²) in [7, 11) is 0.344. The molecule has 19 heavy (non-hydrogen) atoms. The molecule has 1 spiro atoms. The summed E-state index contributed by atoms with van der Waals surface area (Å²) in [5.41, 5.74) is 0.0977. The Hall–Kier alpha value is -0.420. The zero-order valence-corrected chi connectivity index (χ0v) is 12.7. The van der Waals surface area contributed by atoms with Crippen LogP contribution < -0.4 is 0 Å². The van der Waals surface area contributed by atoms with Gasteiger partial charge < -0.3 is 9.47 Å². The van der Waals surface area contributed by atoms with E-state index in [1.54, 1.807) is 0 Å². The molecule has 1 heterocycles. The van der Waals surface area contributed by atoms with E-state index in [2.05, 4.69) is 4.74 Å². The summed E-state index contributed by atoms with van der Waals surface area (Å²) in [4.78, 5) is 11.2. The third-order valence-corrected chi connectivity index (χ3v) is 6.10. The summed E-state index contributed by atoms with van der Waals surface area (Å²) in [5, 5.41) is -0.156. The summed E-state index contributed by atoms with van der Waals surface area (Å²) in [6.45, 7) is 1.84. The Labute approximate surface area is 117 Å². The van der Waals surface area contributed by atoms with Gasteiger partial charge >= 0.3 is 5.97 Å². The topological polar surface area (TPSA) is 52.6 Å². The molecule has 3 unspecified atom stereocenters. The number of methoxy groups -OCH3 is 1. The van der Waals surface area contributed by atoms with Crippen molar-refractivity contribution in [3.8, 4) is 0 Å². The van der Waals surface area contributed by atoms with Crippen LogP contribution in [0.3, 0.4) is 0 Å². The Morgan fingerprint density at radius 2 is 2.11 bits per heavy atom. The van der Waals surface area contributed by atoms with Gasteiger partial charge in [0.25, 0.3) is 0 Å². The molecule has 4 nitrogen and oxygen atoms in total. The minimum absolute atomic E-state index is 0.0977. The first-order chi connectivity index (χ1) is 9.04. The third kappa shape index (κ3) is 3.78. The zero-order chi connectivity index (χ0) is 13.9. The van der Waals surface area contributed by atoms with Crippen LogP contribution in [0.4, 0.5) is 0 Å². The molecule has 0 N–H and O–H groups in total. The number of ether oxygens (including phenoxy) is 2. The van der Waals surface area contributed by atoms with Gasteiger partial charge in [0.1, 0.15) is 0 Å².